The van der Waals surface area contributed by atoms with Crippen LogP contribution in [0.1, 0.15) is 13.3 Å². The molecule has 0 aliphatic heterocycles. The minimum absolute atomic E-state index is 0.0541. The van der Waals surface area contributed by atoms with E-state index < -0.39 is 0 Å². The molecule has 5 heteroatoms. The Balaban J connectivity index is 2.24. The third kappa shape index (κ3) is 6.79. The molecule has 0 unspecified atom stereocenters. The zero-order valence-corrected chi connectivity index (χ0v) is 11.6. The van der Waals surface area contributed by atoms with Gasteiger partial charge >= 0.3 is 0 Å². The Kier molecular flexibility index (Phi) is 7.62. The normalized spacial score (nSPS) is 10.2. The van der Waals surface area contributed by atoms with Gasteiger partial charge in [-0.15, -0.1) is 0 Å². The van der Waals surface area contributed by atoms with Crippen LogP contribution >= 0.6 is 0 Å². The van der Waals surface area contributed by atoms with E-state index in [1.165, 1.54) is 0 Å². The van der Waals surface area contributed by atoms with Crippen LogP contribution in [-0.2, 0) is 9.53 Å². The predicted molar refractivity (Wildman–Crippen MR) is 75.6 cm³/mol. The molecule has 0 spiro atoms. The third-order valence-corrected chi connectivity index (χ3v) is 2.44. The van der Waals surface area contributed by atoms with Gasteiger partial charge in [0.2, 0.25) is 5.91 Å². The topological polar surface area (TPSA) is 59.6 Å². The van der Waals surface area contributed by atoms with E-state index in [4.69, 9.17) is 9.47 Å². The van der Waals surface area contributed by atoms with Crippen molar-refractivity contribution in [1.29, 1.82) is 0 Å². The number of anilines is 1. The van der Waals surface area contributed by atoms with E-state index in [1.54, 1.807) is 7.11 Å². The number of carbonyl (C=O) groups excluding carboxylic acids is 1. The molecule has 0 aliphatic carbocycles. The first-order valence-corrected chi connectivity index (χ1v) is 6.48. The maximum absolute atomic E-state index is 11.6. The number of rotatable bonds is 9. The summed E-state index contributed by atoms with van der Waals surface area (Å²) in [5, 5.41) is 5.87. The Labute approximate surface area is 114 Å². The second kappa shape index (κ2) is 9.35. The van der Waals surface area contributed by atoms with Crippen LogP contribution in [0.15, 0.2) is 24.3 Å². The largest absolute Gasteiger partial charge is 0.494 e. The van der Waals surface area contributed by atoms with Gasteiger partial charge in [-0.3, -0.25) is 4.79 Å². The van der Waals surface area contributed by atoms with Crippen molar-refractivity contribution in [1.82, 2.24) is 5.32 Å². The quantitative estimate of drug-likeness (QED) is 0.667. The van der Waals surface area contributed by atoms with Gasteiger partial charge in [-0.25, -0.2) is 0 Å². The van der Waals surface area contributed by atoms with Gasteiger partial charge in [0.25, 0.3) is 0 Å². The summed E-state index contributed by atoms with van der Waals surface area (Å²) in [6.45, 7) is 4.34. The van der Waals surface area contributed by atoms with Crippen LogP contribution in [0.4, 0.5) is 5.69 Å². The number of carbonyl (C=O) groups is 1. The van der Waals surface area contributed by atoms with E-state index in [9.17, 15) is 4.79 Å². The third-order valence-electron chi connectivity index (χ3n) is 2.44. The van der Waals surface area contributed by atoms with Crippen molar-refractivity contribution in [3.63, 3.8) is 0 Å². The molecule has 0 saturated heterocycles. The van der Waals surface area contributed by atoms with E-state index in [0.717, 1.165) is 24.4 Å². The van der Waals surface area contributed by atoms with Crippen molar-refractivity contribution in [2.75, 3.05) is 38.7 Å². The lowest BCUT2D eigenvalue weighted by Gasteiger charge is -2.08. The monoisotopic (exact) mass is 266 g/mol. The maximum atomic E-state index is 11.6. The molecular formula is C14H22N2O3. The Morgan fingerprint density at radius 2 is 2.00 bits per heavy atom. The Morgan fingerprint density at radius 1 is 1.26 bits per heavy atom. The average molecular weight is 266 g/mol. The summed E-state index contributed by atoms with van der Waals surface area (Å²) in [7, 11) is 1.67. The Morgan fingerprint density at radius 3 is 2.63 bits per heavy atom. The molecule has 0 aliphatic rings. The fourth-order valence-corrected chi connectivity index (χ4v) is 1.55. The van der Waals surface area contributed by atoms with Crippen LogP contribution in [0.2, 0.25) is 0 Å². The molecule has 1 aromatic carbocycles. The smallest absolute Gasteiger partial charge is 0.238 e. The fourth-order valence-electron chi connectivity index (χ4n) is 1.55. The number of benzene rings is 1. The van der Waals surface area contributed by atoms with Gasteiger partial charge < -0.3 is 20.1 Å². The molecule has 1 rings (SSSR count). The van der Waals surface area contributed by atoms with Crippen LogP contribution in [-0.4, -0.2) is 39.3 Å². The van der Waals surface area contributed by atoms with E-state index in [0.29, 0.717) is 19.8 Å². The van der Waals surface area contributed by atoms with Gasteiger partial charge in [0.15, 0.2) is 0 Å². The van der Waals surface area contributed by atoms with Gasteiger partial charge in [-0.05, 0) is 44.2 Å². The lowest BCUT2D eigenvalue weighted by molar-refractivity contribution is -0.115. The first-order chi connectivity index (χ1) is 9.26. The van der Waals surface area contributed by atoms with Crippen LogP contribution < -0.4 is 15.4 Å². The van der Waals surface area contributed by atoms with E-state index in [-0.39, 0.29) is 5.91 Å². The number of ether oxygens (including phenoxy) is 2. The highest BCUT2D eigenvalue weighted by molar-refractivity contribution is 5.92. The molecule has 0 bridgehead atoms. The molecule has 1 amide bonds. The van der Waals surface area contributed by atoms with E-state index >= 15 is 0 Å². The fraction of sp³-hybridized carbons (Fsp3) is 0.500. The van der Waals surface area contributed by atoms with Crippen molar-refractivity contribution >= 4 is 11.6 Å². The second-order valence-electron chi connectivity index (χ2n) is 4.03. The molecule has 106 valence electrons. The van der Waals surface area contributed by atoms with Crippen molar-refractivity contribution in [3.8, 4) is 5.75 Å². The van der Waals surface area contributed by atoms with E-state index in [1.807, 2.05) is 31.2 Å². The molecule has 19 heavy (non-hydrogen) atoms. The minimum atomic E-state index is -0.0541. The number of amides is 1. The molecule has 0 aromatic heterocycles. The highest BCUT2D eigenvalue weighted by atomic mass is 16.5. The summed E-state index contributed by atoms with van der Waals surface area (Å²) in [5.74, 6) is 0.750. The Hall–Kier alpha value is -1.59. The first-order valence-electron chi connectivity index (χ1n) is 6.48. The zero-order chi connectivity index (χ0) is 13.9. The number of nitrogens with one attached hydrogen (secondary N) is 2. The summed E-state index contributed by atoms with van der Waals surface area (Å²) in [4.78, 5) is 11.6. The summed E-state index contributed by atoms with van der Waals surface area (Å²) in [6.07, 6.45) is 0.896. The Bertz CT molecular complexity index is 365. The standard InChI is InChI=1S/C14H22N2O3/c1-3-19-13-7-5-12(6-8-13)16-14(17)11-15-9-4-10-18-2/h5-8,15H,3-4,9-11H2,1-2H3,(H,16,17). The summed E-state index contributed by atoms with van der Waals surface area (Å²) in [5.41, 5.74) is 0.771. The van der Waals surface area contributed by atoms with Gasteiger partial charge in [0.05, 0.1) is 13.2 Å². The second-order valence-corrected chi connectivity index (χ2v) is 4.03. The lowest BCUT2D eigenvalue weighted by Crippen LogP contribution is -2.29. The molecule has 0 atom stereocenters. The van der Waals surface area contributed by atoms with Gasteiger partial charge in [-0.1, -0.05) is 0 Å². The van der Waals surface area contributed by atoms with Crippen molar-refractivity contribution < 1.29 is 14.3 Å². The predicted octanol–water partition coefficient (Wildman–Crippen LogP) is 1.65. The van der Waals surface area contributed by atoms with Crippen molar-refractivity contribution in [2.45, 2.75) is 13.3 Å². The van der Waals surface area contributed by atoms with Gasteiger partial charge in [0.1, 0.15) is 5.75 Å². The summed E-state index contributed by atoms with van der Waals surface area (Å²) in [6, 6.07) is 7.33. The molecule has 0 fully saturated rings. The molecule has 2 N–H and O–H groups in total. The molecule has 5 nitrogen and oxygen atoms in total. The average Bonchev–Trinajstić information content (AvgIpc) is 2.41. The van der Waals surface area contributed by atoms with Gasteiger partial charge in [0, 0.05) is 19.4 Å². The molecule has 0 saturated carbocycles. The number of hydrogen-bond donors (Lipinski definition) is 2. The molecular weight excluding hydrogens is 244 g/mol. The summed E-state index contributed by atoms with van der Waals surface area (Å²) < 4.78 is 10.3. The summed E-state index contributed by atoms with van der Waals surface area (Å²) >= 11 is 0. The number of hydrogen-bond acceptors (Lipinski definition) is 4. The van der Waals surface area contributed by atoms with Crippen LogP contribution in [0.5, 0.6) is 5.75 Å². The minimum Gasteiger partial charge on any atom is -0.494 e. The lowest BCUT2D eigenvalue weighted by atomic mass is 10.3. The van der Waals surface area contributed by atoms with E-state index in [2.05, 4.69) is 10.6 Å². The van der Waals surface area contributed by atoms with Crippen LogP contribution in [0.3, 0.4) is 0 Å². The first kappa shape index (κ1) is 15.5. The highest BCUT2D eigenvalue weighted by Gasteiger charge is 2.01. The van der Waals surface area contributed by atoms with Gasteiger partial charge in [-0.2, -0.15) is 0 Å². The molecule has 0 heterocycles. The number of methoxy groups -OCH3 is 1. The molecule has 0 radical (unpaired) electrons. The highest BCUT2D eigenvalue weighted by Crippen LogP contribution is 2.15. The zero-order valence-electron chi connectivity index (χ0n) is 11.6. The van der Waals surface area contributed by atoms with Crippen molar-refractivity contribution in [3.05, 3.63) is 24.3 Å². The van der Waals surface area contributed by atoms with Crippen LogP contribution in [0, 0.1) is 0 Å². The molecule has 1 aromatic rings. The van der Waals surface area contributed by atoms with Crippen molar-refractivity contribution in [2.24, 2.45) is 0 Å². The SMILES string of the molecule is CCOc1ccc(NC(=O)CNCCCOC)cc1. The van der Waals surface area contributed by atoms with Crippen LogP contribution in [0.25, 0.3) is 0 Å². The maximum Gasteiger partial charge on any atom is 0.238 e.